The number of anilines is 1. The Balaban J connectivity index is 1.28. The number of likely N-dealkylation sites (tertiary alicyclic amines) is 1. The lowest BCUT2D eigenvalue weighted by atomic mass is 9.96. The van der Waals surface area contributed by atoms with Crippen LogP contribution in [-0.4, -0.2) is 29.2 Å². The first-order valence-electron chi connectivity index (χ1n) is 12.8. The fourth-order valence-corrected chi connectivity index (χ4v) is 5.54. The number of rotatable bonds is 6. The Kier molecular flexibility index (Phi) is 6.25. The number of hydrogen-bond donors (Lipinski definition) is 1. The molecule has 37 heavy (non-hydrogen) atoms. The second-order valence-corrected chi connectivity index (χ2v) is 9.66. The Labute approximate surface area is 216 Å². The molecule has 5 aromatic rings. The monoisotopic (exact) mass is 484 g/mol. The van der Waals surface area contributed by atoms with Crippen LogP contribution in [0.3, 0.4) is 0 Å². The molecule has 1 atom stereocenters. The van der Waals surface area contributed by atoms with Gasteiger partial charge in [-0.25, -0.2) is 0 Å². The summed E-state index contributed by atoms with van der Waals surface area (Å²) >= 11 is 0. The molecular weight excluding hydrogens is 456 g/mol. The molecule has 1 heterocycles. The van der Waals surface area contributed by atoms with Crippen molar-refractivity contribution in [3.05, 3.63) is 126 Å². The summed E-state index contributed by atoms with van der Waals surface area (Å²) in [5, 5.41) is 7.97. The second kappa shape index (κ2) is 10.00. The van der Waals surface area contributed by atoms with E-state index in [1.165, 1.54) is 27.1 Å². The summed E-state index contributed by atoms with van der Waals surface area (Å²) < 4.78 is 0. The van der Waals surface area contributed by atoms with Gasteiger partial charge in [0, 0.05) is 17.7 Å². The average Bonchev–Trinajstić information content (AvgIpc) is 3.42. The van der Waals surface area contributed by atoms with Gasteiger partial charge in [-0.2, -0.15) is 0 Å². The molecule has 6 rings (SSSR count). The van der Waals surface area contributed by atoms with Crippen molar-refractivity contribution in [1.82, 2.24) is 4.90 Å². The minimum absolute atomic E-state index is 0.0599. The molecule has 4 nitrogen and oxygen atoms in total. The van der Waals surface area contributed by atoms with Crippen molar-refractivity contribution in [3.63, 3.8) is 0 Å². The molecule has 0 radical (unpaired) electrons. The Hall–Kier alpha value is -4.28. The summed E-state index contributed by atoms with van der Waals surface area (Å²) in [6.45, 7) is 1.56. The summed E-state index contributed by atoms with van der Waals surface area (Å²) in [6.07, 6.45) is 1.76. The summed E-state index contributed by atoms with van der Waals surface area (Å²) in [5.74, 6) is -0.155. The maximum absolute atomic E-state index is 13.6. The highest BCUT2D eigenvalue weighted by atomic mass is 16.2. The number of benzene rings is 5. The van der Waals surface area contributed by atoms with E-state index in [0.717, 1.165) is 19.4 Å². The molecule has 0 aromatic heterocycles. The lowest BCUT2D eigenvalue weighted by Gasteiger charge is -2.25. The molecule has 0 bridgehead atoms. The largest absolute Gasteiger partial charge is 0.324 e. The number of amides is 1. The lowest BCUT2D eigenvalue weighted by Crippen LogP contribution is -2.39. The van der Waals surface area contributed by atoms with Crippen molar-refractivity contribution in [2.75, 3.05) is 11.9 Å². The first-order valence-corrected chi connectivity index (χ1v) is 12.8. The molecule has 182 valence electrons. The van der Waals surface area contributed by atoms with Crippen molar-refractivity contribution in [2.24, 2.45) is 0 Å². The van der Waals surface area contributed by atoms with E-state index in [1.54, 1.807) is 18.2 Å². The fourth-order valence-electron chi connectivity index (χ4n) is 5.54. The first-order chi connectivity index (χ1) is 18.2. The van der Waals surface area contributed by atoms with Crippen LogP contribution in [-0.2, 0) is 11.3 Å². The standard InChI is InChI=1S/C33H28N2O2/c36-32(23-11-2-1-3-12-23)28-17-8-9-18-30(28)34-33(37)31-19-10-20-35(31)22-29-26-15-6-4-13-24(26)21-25-14-5-7-16-27(25)29/h1-9,11-18,21,31H,10,19-20,22H2,(H,34,37). The number of ketones is 1. The molecule has 1 aliphatic rings. The van der Waals surface area contributed by atoms with Crippen LogP contribution in [0.2, 0.25) is 0 Å². The van der Waals surface area contributed by atoms with Crippen molar-refractivity contribution in [1.29, 1.82) is 0 Å². The molecule has 1 unspecified atom stereocenters. The third-order valence-electron chi connectivity index (χ3n) is 7.38. The number of nitrogens with one attached hydrogen (secondary N) is 1. The van der Waals surface area contributed by atoms with E-state index in [1.807, 2.05) is 36.4 Å². The minimum Gasteiger partial charge on any atom is -0.324 e. The van der Waals surface area contributed by atoms with Crippen molar-refractivity contribution >= 4 is 38.9 Å². The van der Waals surface area contributed by atoms with Gasteiger partial charge in [0.15, 0.2) is 5.78 Å². The number of carbonyl (C=O) groups excluding carboxylic acids is 2. The van der Waals surface area contributed by atoms with Crippen LogP contribution in [0.1, 0.15) is 34.3 Å². The third-order valence-corrected chi connectivity index (χ3v) is 7.38. The van der Waals surface area contributed by atoms with Crippen LogP contribution in [0, 0.1) is 0 Å². The maximum atomic E-state index is 13.6. The van der Waals surface area contributed by atoms with E-state index < -0.39 is 0 Å². The Morgan fingerprint density at radius 1 is 0.757 bits per heavy atom. The Bertz CT molecular complexity index is 1560. The van der Waals surface area contributed by atoms with Crippen LogP contribution < -0.4 is 5.32 Å². The first kappa shape index (κ1) is 23.1. The van der Waals surface area contributed by atoms with Gasteiger partial charge in [0.25, 0.3) is 0 Å². The van der Waals surface area contributed by atoms with E-state index in [-0.39, 0.29) is 17.7 Å². The number of nitrogens with zero attached hydrogens (tertiary/aromatic N) is 1. The lowest BCUT2D eigenvalue weighted by molar-refractivity contribution is -0.120. The fraction of sp³-hybridized carbons (Fsp3) is 0.152. The Morgan fingerprint density at radius 2 is 1.38 bits per heavy atom. The summed E-state index contributed by atoms with van der Waals surface area (Å²) in [6, 6.07) is 35.4. The third kappa shape index (κ3) is 4.52. The highest BCUT2D eigenvalue weighted by Gasteiger charge is 2.32. The number of para-hydroxylation sites is 1. The zero-order valence-electron chi connectivity index (χ0n) is 20.6. The predicted molar refractivity (Wildman–Crippen MR) is 150 cm³/mol. The van der Waals surface area contributed by atoms with Gasteiger partial charge in [-0.1, -0.05) is 91.0 Å². The predicted octanol–water partition coefficient (Wildman–Crippen LogP) is 6.83. The molecule has 5 aromatic carbocycles. The zero-order valence-corrected chi connectivity index (χ0v) is 20.6. The molecule has 4 heteroatoms. The highest BCUT2D eigenvalue weighted by Crippen LogP contribution is 2.32. The number of hydrogen-bond acceptors (Lipinski definition) is 3. The average molecular weight is 485 g/mol. The summed E-state index contributed by atoms with van der Waals surface area (Å²) in [4.78, 5) is 29.0. The number of carbonyl (C=O) groups is 2. The number of fused-ring (bicyclic) bond motifs is 2. The molecule has 1 aliphatic heterocycles. The van der Waals surface area contributed by atoms with Crippen LogP contribution >= 0.6 is 0 Å². The van der Waals surface area contributed by atoms with Gasteiger partial charge < -0.3 is 5.32 Å². The van der Waals surface area contributed by atoms with Crippen molar-refractivity contribution < 1.29 is 9.59 Å². The van der Waals surface area contributed by atoms with Crippen LogP contribution in [0.25, 0.3) is 21.5 Å². The maximum Gasteiger partial charge on any atom is 0.241 e. The van der Waals surface area contributed by atoms with Crippen molar-refractivity contribution in [3.8, 4) is 0 Å². The van der Waals surface area contributed by atoms with Gasteiger partial charge in [0.05, 0.1) is 11.7 Å². The van der Waals surface area contributed by atoms with E-state index in [4.69, 9.17) is 0 Å². The van der Waals surface area contributed by atoms with Crippen LogP contribution in [0.5, 0.6) is 0 Å². The quantitative estimate of drug-likeness (QED) is 0.212. The molecule has 0 saturated carbocycles. The van der Waals surface area contributed by atoms with E-state index in [0.29, 0.717) is 23.4 Å². The van der Waals surface area contributed by atoms with Gasteiger partial charge in [-0.05, 0) is 64.7 Å². The van der Waals surface area contributed by atoms with Gasteiger partial charge in [0.2, 0.25) is 5.91 Å². The molecule has 1 N–H and O–H groups in total. The highest BCUT2D eigenvalue weighted by molar-refractivity contribution is 6.14. The van der Waals surface area contributed by atoms with Crippen molar-refractivity contribution in [2.45, 2.75) is 25.4 Å². The summed E-state index contributed by atoms with van der Waals surface area (Å²) in [5.41, 5.74) is 2.93. The SMILES string of the molecule is O=C(c1ccccc1)c1ccccc1NC(=O)C1CCCN1Cc1c2ccccc2cc2ccccc12. The van der Waals surface area contributed by atoms with Gasteiger partial charge in [-0.3, -0.25) is 14.5 Å². The zero-order chi connectivity index (χ0) is 25.2. The van der Waals surface area contributed by atoms with E-state index in [9.17, 15) is 9.59 Å². The minimum atomic E-state index is -0.252. The molecule has 1 fully saturated rings. The topological polar surface area (TPSA) is 49.4 Å². The van der Waals surface area contributed by atoms with Crippen LogP contribution in [0.4, 0.5) is 5.69 Å². The smallest absolute Gasteiger partial charge is 0.241 e. The second-order valence-electron chi connectivity index (χ2n) is 9.66. The van der Waals surface area contributed by atoms with Gasteiger partial charge >= 0.3 is 0 Å². The molecule has 1 amide bonds. The van der Waals surface area contributed by atoms with Crippen LogP contribution in [0.15, 0.2) is 109 Å². The van der Waals surface area contributed by atoms with E-state index in [2.05, 4.69) is 64.8 Å². The normalized spacial score (nSPS) is 15.7. The van der Waals surface area contributed by atoms with E-state index >= 15 is 0 Å². The Morgan fingerprint density at radius 3 is 2.11 bits per heavy atom. The molecule has 0 spiro atoms. The van der Waals surface area contributed by atoms with Gasteiger partial charge in [-0.15, -0.1) is 0 Å². The van der Waals surface area contributed by atoms with Gasteiger partial charge in [0.1, 0.15) is 0 Å². The summed E-state index contributed by atoms with van der Waals surface area (Å²) in [7, 11) is 0. The molecule has 1 saturated heterocycles. The molecule has 0 aliphatic carbocycles. The molecular formula is C33H28N2O2.